The first-order valence-electron chi connectivity index (χ1n) is 5.55. The number of oxime groups is 1. The number of aromatic nitrogens is 1. The second-order valence-electron chi connectivity index (χ2n) is 4.16. The molecule has 0 fully saturated rings. The molecular weight excluding hydrogens is 293 g/mol. The normalized spacial score (nSPS) is 24.3. The molecule has 0 aliphatic carbocycles. The van der Waals surface area contributed by atoms with Crippen molar-refractivity contribution in [3.05, 3.63) is 30.1 Å². The fraction of sp³-hybridized carbons (Fsp3) is 0.273. The van der Waals surface area contributed by atoms with E-state index in [-0.39, 0.29) is 10.6 Å². The van der Waals surface area contributed by atoms with Crippen molar-refractivity contribution in [1.29, 1.82) is 0 Å². The molecule has 2 heterocycles. The monoisotopic (exact) mass is 302 g/mol. The molecule has 10 heteroatoms. The molecule has 1 atom stereocenters. The van der Waals surface area contributed by atoms with Crippen LogP contribution in [0.3, 0.4) is 0 Å². The van der Waals surface area contributed by atoms with Crippen LogP contribution in [-0.4, -0.2) is 49.5 Å². The van der Waals surface area contributed by atoms with Gasteiger partial charge in [0.25, 0.3) is 5.91 Å². The summed E-state index contributed by atoms with van der Waals surface area (Å²) in [6.07, 6.45) is -2.90. The molecule has 21 heavy (non-hydrogen) atoms. The molecule has 1 aliphatic heterocycles. The van der Waals surface area contributed by atoms with Crippen molar-refractivity contribution in [1.82, 2.24) is 9.99 Å². The molecular formula is C11H9F3N4O3. The third-order valence-electron chi connectivity index (χ3n) is 2.84. The Bertz CT molecular complexity index is 629. The van der Waals surface area contributed by atoms with Crippen LogP contribution >= 0.6 is 0 Å². The number of aliphatic hydroxyl groups is 1. The summed E-state index contributed by atoms with van der Waals surface area (Å²) in [7, 11) is 0. The molecule has 112 valence electrons. The lowest BCUT2D eigenvalue weighted by atomic mass is 10.0. The molecule has 1 aromatic heterocycles. The van der Waals surface area contributed by atoms with Crippen LogP contribution in [0.2, 0.25) is 0 Å². The Morgan fingerprint density at radius 2 is 1.95 bits per heavy atom. The van der Waals surface area contributed by atoms with Crippen LogP contribution in [0, 0.1) is 0 Å². The summed E-state index contributed by atoms with van der Waals surface area (Å²) in [6.45, 7) is 1.07. The van der Waals surface area contributed by atoms with Gasteiger partial charge in [0.05, 0.1) is 5.71 Å². The minimum Gasteiger partial charge on any atom is -0.410 e. The number of pyridine rings is 1. The first-order chi connectivity index (χ1) is 9.73. The van der Waals surface area contributed by atoms with Gasteiger partial charge in [-0.25, -0.2) is 0 Å². The van der Waals surface area contributed by atoms with Crippen molar-refractivity contribution < 1.29 is 28.3 Å². The maximum absolute atomic E-state index is 13.2. The van der Waals surface area contributed by atoms with Crippen LogP contribution in [0.1, 0.15) is 17.3 Å². The van der Waals surface area contributed by atoms with Gasteiger partial charge in [-0.15, -0.1) is 0 Å². The Morgan fingerprint density at radius 3 is 2.43 bits per heavy atom. The van der Waals surface area contributed by atoms with Gasteiger partial charge in [0.15, 0.2) is 5.71 Å². The predicted octanol–water partition coefficient (Wildman–Crippen LogP) is 0.994. The maximum Gasteiger partial charge on any atom is 0.445 e. The topological polar surface area (TPSA) is 98.4 Å². The lowest BCUT2D eigenvalue weighted by Gasteiger charge is -2.32. The summed E-state index contributed by atoms with van der Waals surface area (Å²) in [5.41, 5.74) is -5.58. The SMILES string of the molecule is CC1=NN(C(=O)c2ccncc2)C(O)(C(F)(F)F)C1=NO. The average molecular weight is 302 g/mol. The van der Waals surface area contributed by atoms with Crippen LogP contribution in [0.5, 0.6) is 0 Å². The highest BCUT2D eigenvalue weighted by molar-refractivity contribution is 6.46. The van der Waals surface area contributed by atoms with E-state index >= 15 is 0 Å². The van der Waals surface area contributed by atoms with Crippen LogP contribution in [0.25, 0.3) is 0 Å². The van der Waals surface area contributed by atoms with Crippen molar-refractivity contribution in [2.24, 2.45) is 10.3 Å². The summed E-state index contributed by atoms with van der Waals surface area (Å²) < 4.78 is 39.5. The Kier molecular flexibility index (Phi) is 3.41. The highest BCUT2D eigenvalue weighted by Crippen LogP contribution is 2.39. The lowest BCUT2D eigenvalue weighted by Crippen LogP contribution is -2.61. The van der Waals surface area contributed by atoms with Gasteiger partial charge in [-0.2, -0.15) is 23.3 Å². The van der Waals surface area contributed by atoms with Crippen LogP contribution < -0.4 is 0 Å². The second-order valence-corrected chi connectivity index (χ2v) is 4.16. The van der Waals surface area contributed by atoms with E-state index in [1.807, 2.05) is 0 Å². The first-order valence-corrected chi connectivity index (χ1v) is 5.55. The zero-order chi connectivity index (χ0) is 15.8. The summed E-state index contributed by atoms with van der Waals surface area (Å²) in [5.74, 6) is -1.21. The number of alkyl halides is 3. The molecule has 0 bridgehead atoms. The summed E-state index contributed by atoms with van der Waals surface area (Å²) in [4.78, 5) is 15.7. The number of nitrogens with zero attached hydrogens (tertiary/aromatic N) is 4. The maximum atomic E-state index is 13.2. The second kappa shape index (κ2) is 4.81. The highest BCUT2D eigenvalue weighted by Gasteiger charge is 2.67. The number of carbonyl (C=O) groups excluding carboxylic acids is 1. The first kappa shape index (κ1) is 14.9. The van der Waals surface area contributed by atoms with E-state index in [9.17, 15) is 23.1 Å². The van der Waals surface area contributed by atoms with Crippen molar-refractivity contribution in [2.45, 2.75) is 18.8 Å². The molecule has 1 unspecified atom stereocenters. The van der Waals surface area contributed by atoms with Crippen LogP contribution in [0.4, 0.5) is 13.2 Å². The van der Waals surface area contributed by atoms with Crippen molar-refractivity contribution in [3.63, 3.8) is 0 Å². The average Bonchev–Trinajstić information content (AvgIpc) is 2.70. The molecule has 1 aliphatic rings. The van der Waals surface area contributed by atoms with Gasteiger partial charge in [0.2, 0.25) is 0 Å². The molecule has 2 N–H and O–H groups in total. The van der Waals surface area contributed by atoms with Gasteiger partial charge in [-0.3, -0.25) is 9.78 Å². The van der Waals surface area contributed by atoms with Gasteiger partial charge in [0.1, 0.15) is 0 Å². The molecule has 0 radical (unpaired) electrons. The number of halogens is 3. The number of hydrogen-bond donors (Lipinski definition) is 2. The molecule has 0 saturated heterocycles. The van der Waals surface area contributed by atoms with Gasteiger partial charge >= 0.3 is 11.9 Å². The largest absolute Gasteiger partial charge is 0.445 e. The zero-order valence-corrected chi connectivity index (χ0v) is 10.5. The van der Waals surface area contributed by atoms with Crippen molar-refractivity contribution >= 4 is 17.3 Å². The third kappa shape index (κ3) is 2.13. The number of hydrazone groups is 1. The molecule has 1 amide bonds. The minimum absolute atomic E-state index is 0.160. The Balaban J connectivity index is 2.54. The number of rotatable bonds is 1. The minimum atomic E-state index is -5.31. The standard InChI is InChI=1S/C11H9F3N4O3/c1-6-8(17-21)10(20,11(12,13)14)18(16-6)9(19)7-2-4-15-5-3-7/h2-5,20-21H,1H3. The van der Waals surface area contributed by atoms with Gasteiger partial charge < -0.3 is 10.3 Å². The van der Waals surface area contributed by atoms with E-state index in [0.29, 0.717) is 0 Å². The lowest BCUT2D eigenvalue weighted by molar-refractivity contribution is -0.269. The number of hydrogen-bond acceptors (Lipinski definition) is 6. The quantitative estimate of drug-likeness (QED) is 0.597. The van der Waals surface area contributed by atoms with E-state index in [1.54, 1.807) is 0 Å². The van der Waals surface area contributed by atoms with Crippen LogP contribution in [0.15, 0.2) is 34.8 Å². The molecule has 7 nitrogen and oxygen atoms in total. The van der Waals surface area contributed by atoms with E-state index < -0.39 is 29.2 Å². The van der Waals surface area contributed by atoms with E-state index in [1.165, 1.54) is 12.4 Å². The molecule has 0 saturated carbocycles. The predicted molar refractivity (Wildman–Crippen MR) is 63.7 cm³/mol. The Morgan fingerprint density at radius 1 is 1.38 bits per heavy atom. The summed E-state index contributed by atoms with van der Waals surface area (Å²) in [6, 6.07) is 2.33. The van der Waals surface area contributed by atoms with Crippen molar-refractivity contribution in [2.75, 3.05) is 0 Å². The smallest absolute Gasteiger partial charge is 0.410 e. The van der Waals surface area contributed by atoms with Gasteiger partial charge in [-0.05, 0) is 19.1 Å². The molecule has 1 aromatic rings. The fourth-order valence-corrected chi connectivity index (χ4v) is 1.83. The van der Waals surface area contributed by atoms with E-state index in [0.717, 1.165) is 19.1 Å². The summed E-state index contributed by atoms with van der Waals surface area (Å²) in [5, 5.41) is 24.2. The number of carbonyl (C=O) groups is 1. The molecule has 2 rings (SSSR count). The van der Waals surface area contributed by atoms with Gasteiger partial charge in [-0.1, -0.05) is 5.16 Å². The van der Waals surface area contributed by atoms with Gasteiger partial charge in [0, 0.05) is 18.0 Å². The van der Waals surface area contributed by atoms with E-state index in [4.69, 9.17) is 5.21 Å². The Labute approximate surface area is 116 Å². The zero-order valence-electron chi connectivity index (χ0n) is 10.5. The van der Waals surface area contributed by atoms with Crippen molar-refractivity contribution in [3.8, 4) is 0 Å². The van der Waals surface area contributed by atoms with E-state index in [2.05, 4.69) is 15.2 Å². The summed E-state index contributed by atoms with van der Waals surface area (Å²) >= 11 is 0. The highest BCUT2D eigenvalue weighted by atomic mass is 19.4. The third-order valence-corrected chi connectivity index (χ3v) is 2.84. The number of amides is 1. The van der Waals surface area contributed by atoms with Crippen LogP contribution in [-0.2, 0) is 0 Å². The molecule has 0 spiro atoms. The fourth-order valence-electron chi connectivity index (χ4n) is 1.83. The Hall–Kier alpha value is -2.49. The molecule has 0 aromatic carbocycles.